The van der Waals surface area contributed by atoms with Crippen LogP contribution in [0.1, 0.15) is 5.56 Å². The van der Waals surface area contributed by atoms with Gasteiger partial charge in [-0.25, -0.2) is 10.8 Å². The lowest BCUT2D eigenvalue weighted by Gasteiger charge is -2.08. The van der Waals surface area contributed by atoms with Crippen LogP contribution < -0.4 is 0 Å². The van der Waals surface area contributed by atoms with E-state index in [-0.39, 0.29) is 5.75 Å². The van der Waals surface area contributed by atoms with E-state index in [1.807, 2.05) is 6.92 Å². The van der Waals surface area contributed by atoms with Gasteiger partial charge in [0.1, 0.15) is 5.75 Å². The minimum Gasteiger partial charge on any atom is -0.507 e. The second kappa shape index (κ2) is 5.32. The van der Waals surface area contributed by atoms with E-state index >= 15 is 0 Å². The molecule has 0 bridgehead atoms. The van der Waals surface area contributed by atoms with Crippen molar-refractivity contribution in [2.45, 2.75) is 11.8 Å². The fourth-order valence-electron chi connectivity index (χ4n) is 1.72. The first kappa shape index (κ1) is 11.4. The lowest BCUT2D eigenvalue weighted by atomic mass is 10.0. The molecule has 7 heteroatoms. The van der Waals surface area contributed by atoms with Crippen LogP contribution in [-0.2, 0) is 9.37 Å². The Kier molecular flexibility index (Phi) is 3.37. The highest BCUT2D eigenvalue weighted by atomic mass is 32.2. The first-order valence-electron chi connectivity index (χ1n) is 5.38. The van der Waals surface area contributed by atoms with E-state index in [1.54, 1.807) is 18.2 Å². The van der Waals surface area contributed by atoms with E-state index in [0.717, 1.165) is 17.6 Å². The second-order valence-electron chi connectivity index (χ2n) is 3.59. The van der Waals surface area contributed by atoms with Gasteiger partial charge in [-0.05, 0) is 24.6 Å². The summed E-state index contributed by atoms with van der Waals surface area (Å²) in [5.74, 6) is 0.0305. The number of nitrogens with one attached hydrogen (secondary N) is 1. The van der Waals surface area contributed by atoms with E-state index in [0.29, 0.717) is 21.4 Å². The molecule has 0 fully saturated rings. The predicted molar refractivity (Wildman–Crippen MR) is 65.8 cm³/mol. The van der Waals surface area contributed by atoms with Gasteiger partial charge in [0.05, 0.1) is 17.7 Å². The summed E-state index contributed by atoms with van der Waals surface area (Å²) in [6, 6.07) is 6.69. The zero-order valence-corrected chi connectivity index (χ0v) is 10.1. The SMILES string of the molecule is [2H]N=Nc1c(C)ccc2c(O)cc(SOOO)cc12. The lowest BCUT2D eigenvalue weighted by Crippen LogP contribution is -1.83. The smallest absolute Gasteiger partial charge is 0.214 e. The molecule has 2 aromatic carbocycles. The maximum Gasteiger partial charge on any atom is 0.214 e. The molecule has 0 unspecified atom stereocenters. The Morgan fingerprint density at radius 1 is 1.39 bits per heavy atom. The Morgan fingerprint density at radius 2 is 2.22 bits per heavy atom. The van der Waals surface area contributed by atoms with Crippen LogP contribution in [0.2, 0.25) is 1.41 Å². The normalized spacial score (nSPS) is 12.2. The maximum absolute atomic E-state index is 9.94. The van der Waals surface area contributed by atoms with Crippen LogP contribution in [0.25, 0.3) is 10.8 Å². The van der Waals surface area contributed by atoms with Gasteiger partial charge >= 0.3 is 0 Å². The highest BCUT2D eigenvalue weighted by molar-refractivity contribution is 7.94. The van der Waals surface area contributed by atoms with Gasteiger partial charge < -0.3 is 5.11 Å². The third-order valence-corrected chi connectivity index (χ3v) is 3.08. The van der Waals surface area contributed by atoms with Crippen LogP contribution in [0, 0.1) is 12.4 Å². The molecule has 3 N–H and O–H groups in total. The standard InChI is InChI=1S/C11H10N2O4S/c1-6-2-3-8-9(11(6)13-12)4-7(5-10(8)14)18-17-16-15/h2-5,12,14-15H,1H3/i/hD. The fourth-order valence-corrected chi connectivity index (χ4v) is 2.15. The van der Waals surface area contributed by atoms with E-state index < -0.39 is 0 Å². The van der Waals surface area contributed by atoms with Crippen molar-refractivity contribution in [2.24, 2.45) is 5.11 Å². The molecule has 0 spiro atoms. The zero-order valence-electron chi connectivity index (χ0n) is 10.3. The molecule has 0 saturated carbocycles. The molecule has 0 aliphatic carbocycles. The molecule has 0 saturated heterocycles. The number of hydrogen-bond donors (Lipinski definition) is 3. The van der Waals surface area contributed by atoms with Gasteiger partial charge in [0, 0.05) is 15.7 Å². The van der Waals surface area contributed by atoms with Crippen LogP contribution in [0.4, 0.5) is 5.69 Å². The Bertz CT molecular complexity index is 636. The van der Waals surface area contributed by atoms with Crippen molar-refractivity contribution >= 4 is 28.5 Å². The van der Waals surface area contributed by atoms with Gasteiger partial charge in [0.25, 0.3) is 0 Å². The lowest BCUT2D eigenvalue weighted by molar-refractivity contribution is -0.432. The number of benzene rings is 2. The van der Waals surface area contributed by atoms with Gasteiger partial charge in [-0.3, -0.25) is 0 Å². The average Bonchev–Trinajstić information content (AvgIpc) is 2.40. The molecule has 6 nitrogen and oxygen atoms in total. The summed E-state index contributed by atoms with van der Waals surface area (Å²) in [6.07, 6.45) is 0. The van der Waals surface area contributed by atoms with Gasteiger partial charge in [0.15, 0.2) is 0 Å². The zero-order chi connectivity index (χ0) is 13.8. The summed E-state index contributed by atoms with van der Waals surface area (Å²) < 4.78 is 11.2. The average molecular weight is 267 g/mol. The number of nitrogens with zero attached hydrogens (tertiary/aromatic N) is 1. The quantitative estimate of drug-likeness (QED) is 0.337. The predicted octanol–water partition coefficient (Wildman–Crippen LogP) is 3.94. The minimum absolute atomic E-state index is 0.0305. The largest absolute Gasteiger partial charge is 0.507 e. The van der Waals surface area contributed by atoms with Gasteiger partial charge in [-0.2, -0.15) is 5.11 Å². The molecule has 0 radical (unpaired) electrons. The van der Waals surface area contributed by atoms with Crippen molar-refractivity contribution in [1.82, 2.24) is 0 Å². The van der Waals surface area contributed by atoms with Crippen LogP contribution in [0.15, 0.2) is 34.3 Å². The maximum atomic E-state index is 9.94. The Morgan fingerprint density at radius 3 is 2.94 bits per heavy atom. The molecule has 0 amide bonds. The summed E-state index contributed by atoms with van der Waals surface area (Å²) >= 11 is 0.731. The highest BCUT2D eigenvalue weighted by Crippen LogP contribution is 2.38. The Labute approximate surface area is 108 Å². The molecule has 2 aromatic rings. The van der Waals surface area contributed by atoms with Crippen molar-refractivity contribution in [3.63, 3.8) is 0 Å². The highest BCUT2D eigenvalue weighted by Gasteiger charge is 2.10. The van der Waals surface area contributed by atoms with Gasteiger partial charge in [-0.15, -0.1) is 4.33 Å². The van der Waals surface area contributed by atoms with Crippen molar-refractivity contribution in [1.29, 1.82) is 5.52 Å². The summed E-state index contributed by atoms with van der Waals surface area (Å²) in [7, 11) is 0. The van der Waals surface area contributed by atoms with Crippen molar-refractivity contribution in [2.75, 3.05) is 0 Å². The number of hydrogen-bond acceptors (Lipinski definition) is 7. The molecule has 0 aliphatic heterocycles. The van der Waals surface area contributed by atoms with Crippen molar-refractivity contribution < 1.29 is 21.1 Å². The topological polar surface area (TPSA) is 95.1 Å². The number of phenols is 1. The summed E-state index contributed by atoms with van der Waals surface area (Å²) in [4.78, 5) is 0.506. The monoisotopic (exact) mass is 267 g/mol. The number of fused-ring (bicyclic) bond motifs is 1. The van der Waals surface area contributed by atoms with Gasteiger partial charge in [-0.1, -0.05) is 17.2 Å². The molecule has 0 atom stereocenters. The number of aromatic hydroxyl groups is 1. The molecule has 18 heavy (non-hydrogen) atoms. The Hall–Kier alpha value is -1.67. The fraction of sp³-hybridized carbons (Fsp3) is 0.0909. The number of aryl methyl sites for hydroxylation is 1. The molecule has 2 rings (SSSR count). The summed E-state index contributed by atoms with van der Waals surface area (Å²) in [5, 5.41) is 26.5. The summed E-state index contributed by atoms with van der Waals surface area (Å²) in [6.45, 7) is 1.83. The van der Waals surface area contributed by atoms with Crippen molar-refractivity contribution in [3.05, 3.63) is 29.8 Å². The third kappa shape index (κ3) is 2.29. The van der Waals surface area contributed by atoms with Crippen LogP contribution >= 0.6 is 12.0 Å². The molecule has 0 heterocycles. The first-order valence-corrected chi connectivity index (χ1v) is 5.67. The number of rotatable bonds is 4. The van der Waals surface area contributed by atoms with Crippen molar-refractivity contribution in [3.8, 4) is 5.75 Å². The van der Waals surface area contributed by atoms with Crippen LogP contribution in [0.5, 0.6) is 5.75 Å². The minimum atomic E-state index is 0.0305. The molecule has 94 valence electrons. The molecular weight excluding hydrogens is 256 g/mol. The summed E-state index contributed by atoms with van der Waals surface area (Å²) in [5.41, 5.74) is 4.35. The van der Waals surface area contributed by atoms with Gasteiger partial charge in [0.2, 0.25) is 1.41 Å². The van der Waals surface area contributed by atoms with E-state index in [4.69, 9.17) is 6.67 Å². The molecular formula is C11H10N2O4S. The van der Waals surface area contributed by atoms with Crippen LogP contribution in [-0.4, -0.2) is 10.4 Å². The first-order chi connectivity index (χ1) is 9.17. The van der Waals surface area contributed by atoms with E-state index in [2.05, 4.69) is 20.0 Å². The van der Waals surface area contributed by atoms with E-state index in [1.165, 1.54) is 6.07 Å². The Balaban J connectivity index is 2.64. The third-order valence-electron chi connectivity index (χ3n) is 2.52. The van der Waals surface area contributed by atoms with E-state index in [9.17, 15) is 5.11 Å². The second-order valence-corrected chi connectivity index (χ2v) is 4.37. The molecule has 0 aliphatic rings. The molecule has 0 aromatic heterocycles. The van der Waals surface area contributed by atoms with Crippen LogP contribution in [0.3, 0.4) is 0 Å². The number of phenolic OH excluding ortho intramolecular Hbond substituents is 1.